The van der Waals surface area contributed by atoms with Crippen LogP contribution in [0.15, 0.2) is 30.3 Å². The fourth-order valence-electron chi connectivity index (χ4n) is 2.24. The number of benzene rings is 2. The average molecular weight is 474 g/mol. The minimum atomic E-state index is -0.845. The van der Waals surface area contributed by atoms with Crippen LogP contribution in [0.1, 0.15) is 18.4 Å². The first kappa shape index (κ1) is 20.4. The molecule has 0 heterocycles. The highest BCUT2D eigenvalue weighted by molar-refractivity contribution is 14.1. The Morgan fingerprint density at radius 2 is 2.00 bits per heavy atom. The summed E-state index contributed by atoms with van der Waals surface area (Å²) in [4.78, 5) is 0. The molecular weight excluding hydrogens is 457 g/mol. The number of anilines is 2. The Balaban J connectivity index is 2.19. The van der Waals surface area contributed by atoms with Gasteiger partial charge in [0.2, 0.25) is 0 Å². The van der Waals surface area contributed by atoms with Crippen molar-refractivity contribution in [1.29, 1.82) is 5.26 Å². The summed E-state index contributed by atoms with van der Waals surface area (Å²) in [6.07, 6.45) is -0.118. The quantitative estimate of drug-likeness (QED) is 0.402. The van der Waals surface area contributed by atoms with E-state index in [0.29, 0.717) is 16.4 Å². The lowest BCUT2D eigenvalue weighted by Crippen LogP contribution is -2.13. The second-order valence-corrected chi connectivity index (χ2v) is 6.76. The van der Waals surface area contributed by atoms with Gasteiger partial charge in [0, 0.05) is 9.64 Å². The van der Waals surface area contributed by atoms with Gasteiger partial charge in [-0.15, -0.1) is 0 Å². The van der Waals surface area contributed by atoms with Gasteiger partial charge in [0.1, 0.15) is 29.0 Å². The predicted molar refractivity (Wildman–Crippen MR) is 101 cm³/mol. The van der Waals surface area contributed by atoms with Crippen molar-refractivity contribution in [3.8, 4) is 11.8 Å². The third kappa shape index (κ3) is 5.52. The van der Waals surface area contributed by atoms with Crippen molar-refractivity contribution in [3.63, 3.8) is 0 Å². The molecule has 0 spiro atoms. The van der Waals surface area contributed by atoms with Crippen LogP contribution in [-0.2, 0) is 0 Å². The van der Waals surface area contributed by atoms with E-state index in [2.05, 4.69) is 5.32 Å². The third-order valence-electron chi connectivity index (χ3n) is 3.53. The molecule has 0 saturated carbocycles. The summed E-state index contributed by atoms with van der Waals surface area (Å²) < 4.78 is 34.1. The lowest BCUT2D eigenvalue weighted by Gasteiger charge is -2.14. The van der Waals surface area contributed by atoms with Crippen molar-refractivity contribution < 1.29 is 23.7 Å². The van der Waals surface area contributed by atoms with Crippen LogP contribution in [-0.4, -0.2) is 29.5 Å². The van der Waals surface area contributed by atoms with Crippen LogP contribution in [0, 0.1) is 26.5 Å². The van der Waals surface area contributed by atoms with Crippen molar-refractivity contribution in [3.05, 3.63) is 51.1 Å². The molecule has 138 valence electrons. The largest absolute Gasteiger partial charge is 0.492 e. The Morgan fingerprint density at radius 1 is 1.23 bits per heavy atom. The molecule has 0 unspecified atom stereocenters. The number of aliphatic hydroxyl groups is 2. The zero-order chi connectivity index (χ0) is 19.1. The number of hydrogen-bond donors (Lipinski definition) is 3. The monoisotopic (exact) mass is 474 g/mol. The van der Waals surface area contributed by atoms with Crippen LogP contribution in [0.2, 0.25) is 0 Å². The average Bonchev–Trinajstić information content (AvgIpc) is 2.60. The van der Waals surface area contributed by atoms with Crippen LogP contribution in [0.25, 0.3) is 0 Å². The molecule has 0 aliphatic rings. The maximum Gasteiger partial charge on any atom is 0.147 e. The molecule has 2 aromatic carbocycles. The highest BCUT2D eigenvalue weighted by atomic mass is 127. The van der Waals surface area contributed by atoms with Crippen LogP contribution >= 0.6 is 22.6 Å². The van der Waals surface area contributed by atoms with E-state index in [1.54, 1.807) is 6.07 Å². The van der Waals surface area contributed by atoms with Gasteiger partial charge < -0.3 is 20.3 Å². The van der Waals surface area contributed by atoms with Gasteiger partial charge in [-0.3, -0.25) is 0 Å². The first-order chi connectivity index (χ1) is 12.4. The van der Waals surface area contributed by atoms with E-state index < -0.39 is 17.7 Å². The number of halogens is 3. The predicted octanol–water partition coefficient (Wildman–Crippen LogP) is 3.70. The Morgan fingerprint density at radius 3 is 2.65 bits per heavy atom. The number of rotatable bonds is 8. The molecule has 0 aliphatic carbocycles. The molecule has 26 heavy (non-hydrogen) atoms. The number of hydrogen-bond acceptors (Lipinski definition) is 5. The summed E-state index contributed by atoms with van der Waals surface area (Å²) in [5.41, 5.74) is 0.259. The lowest BCUT2D eigenvalue weighted by molar-refractivity contribution is 0.0827. The molecule has 0 fully saturated rings. The van der Waals surface area contributed by atoms with Gasteiger partial charge in [-0.05, 0) is 59.7 Å². The zero-order valence-corrected chi connectivity index (χ0v) is 15.8. The molecule has 0 saturated heterocycles. The maximum atomic E-state index is 14.0. The molecule has 2 aromatic rings. The Hall–Kier alpha value is -1.96. The minimum Gasteiger partial charge on any atom is -0.492 e. The van der Waals surface area contributed by atoms with Gasteiger partial charge in [-0.25, -0.2) is 8.78 Å². The van der Waals surface area contributed by atoms with E-state index in [0.717, 1.165) is 12.1 Å². The van der Waals surface area contributed by atoms with E-state index in [1.165, 1.54) is 12.1 Å². The van der Waals surface area contributed by atoms with Gasteiger partial charge in [0.15, 0.2) is 0 Å². The number of nitriles is 1. The molecule has 3 N–H and O–H groups in total. The number of ether oxygens (including phenoxy) is 1. The number of nitrogens with zero attached hydrogens (tertiary/aromatic N) is 1. The molecule has 0 bridgehead atoms. The highest BCUT2D eigenvalue weighted by Crippen LogP contribution is 2.31. The second kappa shape index (κ2) is 9.66. The smallest absolute Gasteiger partial charge is 0.147 e. The van der Waals surface area contributed by atoms with E-state index in [-0.39, 0.29) is 35.9 Å². The highest BCUT2D eigenvalue weighted by Gasteiger charge is 2.14. The first-order valence-electron chi connectivity index (χ1n) is 7.82. The molecule has 0 amide bonds. The molecule has 8 heteroatoms. The summed E-state index contributed by atoms with van der Waals surface area (Å²) in [5.74, 6) is -1.13. The van der Waals surface area contributed by atoms with Crippen molar-refractivity contribution in [2.24, 2.45) is 0 Å². The van der Waals surface area contributed by atoms with Gasteiger partial charge in [0.25, 0.3) is 0 Å². The fourth-order valence-corrected chi connectivity index (χ4v) is 2.69. The lowest BCUT2D eigenvalue weighted by atomic mass is 10.1. The molecule has 1 atom stereocenters. The zero-order valence-electron chi connectivity index (χ0n) is 13.7. The van der Waals surface area contributed by atoms with Crippen LogP contribution in [0.5, 0.6) is 5.75 Å². The van der Waals surface area contributed by atoms with E-state index in [1.807, 2.05) is 28.7 Å². The molecule has 2 rings (SSSR count). The molecule has 5 nitrogen and oxygen atoms in total. The fraction of sp³-hybridized carbons (Fsp3) is 0.278. The number of aliphatic hydroxyl groups excluding tert-OH is 2. The van der Waals surface area contributed by atoms with Crippen LogP contribution in [0.4, 0.5) is 20.2 Å². The van der Waals surface area contributed by atoms with Gasteiger partial charge in [-0.2, -0.15) is 5.26 Å². The summed E-state index contributed by atoms with van der Waals surface area (Å²) in [6.45, 7) is -0.217. The minimum absolute atomic E-state index is 0.0272. The van der Waals surface area contributed by atoms with E-state index in [4.69, 9.17) is 9.84 Å². The Labute approximate surface area is 163 Å². The molecular formula is C18H17F2IN2O3. The Kier molecular flexibility index (Phi) is 7.56. The topological polar surface area (TPSA) is 85.5 Å². The van der Waals surface area contributed by atoms with E-state index in [9.17, 15) is 19.1 Å². The normalized spacial score (nSPS) is 11.7. The Bertz CT molecular complexity index is 812. The summed E-state index contributed by atoms with van der Waals surface area (Å²) in [6, 6.07) is 8.61. The summed E-state index contributed by atoms with van der Waals surface area (Å²) >= 11 is 1.97. The molecule has 0 aliphatic heterocycles. The summed E-state index contributed by atoms with van der Waals surface area (Å²) in [7, 11) is 0. The summed E-state index contributed by atoms with van der Waals surface area (Å²) in [5, 5.41) is 30.2. The molecule has 0 radical (unpaired) electrons. The SMILES string of the molecule is N#Cc1c(Nc2ccc(I)cc2F)cc(F)cc1OCCC[C@H](O)CO. The third-order valence-corrected chi connectivity index (χ3v) is 4.20. The van der Waals surface area contributed by atoms with E-state index >= 15 is 0 Å². The number of nitrogens with one attached hydrogen (secondary N) is 1. The standard InChI is InChI=1S/C18H17F2IN2O3/c19-11-6-17(23-16-4-3-12(21)8-15(16)20)14(9-22)18(7-11)26-5-1-2-13(25)10-24/h3-4,6-8,13,23-25H,1-2,5,10H2/t13-/m0/s1. The van der Waals surface area contributed by atoms with Crippen LogP contribution in [0.3, 0.4) is 0 Å². The molecule has 0 aromatic heterocycles. The van der Waals surface area contributed by atoms with Crippen molar-refractivity contribution >= 4 is 34.0 Å². The van der Waals surface area contributed by atoms with Crippen molar-refractivity contribution in [1.82, 2.24) is 0 Å². The maximum absolute atomic E-state index is 14.0. The van der Waals surface area contributed by atoms with Crippen LogP contribution < -0.4 is 10.1 Å². The van der Waals surface area contributed by atoms with Gasteiger partial charge >= 0.3 is 0 Å². The van der Waals surface area contributed by atoms with Gasteiger partial charge in [0.05, 0.1) is 30.7 Å². The van der Waals surface area contributed by atoms with Crippen molar-refractivity contribution in [2.45, 2.75) is 18.9 Å². The van der Waals surface area contributed by atoms with Crippen molar-refractivity contribution in [2.75, 3.05) is 18.5 Å². The second-order valence-electron chi connectivity index (χ2n) is 5.51. The first-order valence-corrected chi connectivity index (χ1v) is 8.90. The van der Waals surface area contributed by atoms with Gasteiger partial charge in [-0.1, -0.05) is 0 Å².